The van der Waals surface area contributed by atoms with Gasteiger partial charge in [-0.25, -0.2) is 0 Å². The molecule has 6 heteroatoms. The Morgan fingerprint density at radius 2 is 1.81 bits per heavy atom. The summed E-state index contributed by atoms with van der Waals surface area (Å²) in [5.41, 5.74) is -7.65. The third kappa shape index (κ3) is 1.93. The first-order valence-electron chi connectivity index (χ1n) is 9.98. The van der Waals surface area contributed by atoms with Crippen LogP contribution in [0, 0.1) is 23.7 Å². The summed E-state index contributed by atoms with van der Waals surface area (Å²) < 4.78 is 6.21. The van der Waals surface area contributed by atoms with E-state index in [4.69, 9.17) is 4.74 Å². The van der Waals surface area contributed by atoms with Crippen molar-refractivity contribution in [1.82, 2.24) is 0 Å². The van der Waals surface area contributed by atoms with Crippen LogP contribution < -0.4 is 0 Å². The van der Waals surface area contributed by atoms with Crippen molar-refractivity contribution >= 4 is 5.78 Å². The van der Waals surface area contributed by atoms with Gasteiger partial charge in [0.25, 0.3) is 0 Å². The predicted octanol–water partition coefficient (Wildman–Crippen LogP) is 1.30. The minimum Gasteiger partial charge on any atom is -0.491 e. The van der Waals surface area contributed by atoms with E-state index in [9.17, 15) is 25.2 Å². The quantitative estimate of drug-likeness (QED) is 0.588. The van der Waals surface area contributed by atoms with Crippen LogP contribution in [0.25, 0.3) is 0 Å². The molecule has 27 heavy (non-hydrogen) atoms. The number of carbonyl (C=O) groups is 1. The van der Waals surface area contributed by atoms with Crippen LogP contribution in [-0.2, 0) is 9.53 Å². The fraction of sp³-hybridized carbons (Fsp3) is 0.857. The summed E-state index contributed by atoms with van der Waals surface area (Å²) in [5, 5.41) is 46.1. The Morgan fingerprint density at radius 1 is 1.22 bits per heavy atom. The van der Waals surface area contributed by atoms with Gasteiger partial charge in [-0.05, 0) is 46.5 Å². The number of rotatable bonds is 3. The van der Waals surface area contributed by atoms with Gasteiger partial charge in [-0.15, -0.1) is 0 Å². The van der Waals surface area contributed by atoms with E-state index >= 15 is 0 Å². The van der Waals surface area contributed by atoms with E-state index in [1.807, 2.05) is 27.7 Å². The van der Waals surface area contributed by atoms with E-state index in [0.29, 0.717) is 12.2 Å². The first-order valence-corrected chi connectivity index (χ1v) is 9.98. The number of carbonyl (C=O) groups excluding carboxylic acids is 1. The number of ketones is 1. The number of ether oxygens (including phenoxy) is 1. The third-order valence-corrected chi connectivity index (χ3v) is 7.71. The summed E-state index contributed by atoms with van der Waals surface area (Å²) in [5.74, 6) is -2.01. The van der Waals surface area contributed by atoms with Gasteiger partial charge in [-0.3, -0.25) is 4.79 Å². The molecule has 3 saturated carbocycles. The minimum atomic E-state index is -2.01. The van der Waals surface area contributed by atoms with Crippen LogP contribution in [0.5, 0.6) is 0 Å². The van der Waals surface area contributed by atoms with Crippen molar-refractivity contribution in [2.45, 2.75) is 88.8 Å². The molecule has 0 saturated heterocycles. The predicted molar refractivity (Wildman–Crippen MR) is 97.5 cm³/mol. The molecule has 4 N–H and O–H groups in total. The van der Waals surface area contributed by atoms with Crippen LogP contribution in [-0.4, -0.2) is 54.2 Å². The lowest BCUT2D eigenvalue weighted by atomic mass is 9.70. The van der Waals surface area contributed by atoms with Gasteiger partial charge in [0.2, 0.25) is 0 Å². The van der Waals surface area contributed by atoms with E-state index in [-0.39, 0.29) is 30.1 Å². The van der Waals surface area contributed by atoms with E-state index < -0.39 is 45.8 Å². The molecule has 1 heterocycles. The Bertz CT molecular complexity index is 746. The summed E-state index contributed by atoms with van der Waals surface area (Å²) in [7, 11) is 0. The molecule has 0 amide bonds. The lowest BCUT2D eigenvalue weighted by Crippen LogP contribution is -2.65. The van der Waals surface area contributed by atoms with Crippen molar-refractivity contribution in [2.24, 2.45) is 23.7 Å². The molecule has 0 radical (unpaired) electrons. The summed E-state index contributed by atoms with van der Waals surface area (Å²) >= 11 is 0. The molecule has 3 aliphatic carbocycles. The third-order valence-electron chi connectivity index (χ3n) is 7.71. The summed E-state index contributed by atoms with van der Waals surface area (Å²) in [6.07, 6.45) is 0.697. The highest BCUT2D eigenvalue weighted by molar-refractivity contribution is 6.05. The number of allylic oxidation sites excluding steroid dienone is 1. The molecule has 3 fully saturated rings. The van der Waals surface area contributed by atoms with Crippen molar-refractivity contribution in [1.29, 1.82) is 0 Å². The van der Waals surface area contributed by atoms with Gasteiger partial charge in [-0.1, -0.05) is 13.8 Å². The molecular formula is C21H32O6. The summed E-state index contributed by atoms with van der Waals surface area (Å²) in [4.78, 5) is 13.4. The molecule has 0 aromatic heterocycles. The Hall–Kier alpha value is -0.950. The minimum absolute atomic E-state index is 0.0733. The van der Waals surface area contributed by atoms with Crippen molar-refractivity contribution in [3.63, 3.8) is 0 Å². The lowest BCUT2D eigenvalue weighted by Gasteiger charge is -2.48. The second kappa shape index (κ2) is 4.96. The average Bonchev–Trinajstić information content (AvgIpc) is 2.90. The Kier molecular flexibility index (Phi) is 3.56. The monoisotopic (exact) mass is 380 g/mol. The molecule has 6 atom stereocenters. The fourth-order valence-corrected chi connectivity index (χ4v) is 6.74. The second-order valence-corrected chi connectivity index (χ2v) is 10.7. The van der Waals surface area contributed by atoms with Crippen molar-refractivity contribution in [2.75, 3.05) is 0 Å². The molecule has 0 spiro atoms. The van der Waals surface area contributed by atoms with Crippen molar-refractivity contribution < 1.29 is 30.0 Å². The SMILES string of the molecule is CC(C)CC1=C2C(=O)[C@H]3C[C@@H](C(C)(C)O)[C@@]4(O)C[C@@H](C(C)(C)O1)[C@]2(O)[C@@]34O. The standard InChI is InChI=1S/C21H32O6/c1-10(2)7-12-15-16(22)11-8-13(17(3,4)23)19(24)9-14(18(5,6)27-12)20(15,25)21(11,19)26/h10-11,13-14,23-26H,7-9H2,1-6H3/t11-,13+,14+,19+,20-,21-/m1/s1. The van der Waals surface area contributed by atoms with Gasteiger partial charge in [0, 0.05) is 18.3 Å². The van der Waals surface area contributed by atoms with Gasteiger partial charge >= 0.3 is 0 Å². The first-order chi connectivity index (χ1) is 12.1. The van der Waals surface area contributed by atoms with Crippen LogP contribution in [0.15, 0.2) is 11.3 Å². The van der Waals surface area contributed by atoms with Gasteiger partial charge in [0.1, 0.15) is 28.2 Å². The van der Waals surface area contributed by atoms with E-state index in [2.05, 4.69) is 0 Å². The van der Waals surface area contributed by atoms with Crippen LogP contribution in [0.1, 0.15) is 60.8 Å². The molecule has 6 nitrogen and oxygen atoms in total. The molecule has 0 unspecified atom stereocenters. The molecule has 0 aromatic carbocycles. The zero-order chi connectivity index (χ0) is 20.4. The number of hydrogen-bond donors (Lipinski definition) is 4. The normalized spacial score (nSPS) is 47.7. The molecule has 4 aliphatic rings. The van der Waals surface area contributed by atoms with Gasteiger partial charge < -0.3 is 25.2 Å². The molecule has 4 rings (SSSR count). The second-order valence-electron chi connectivity index (χ2n) is 10.7. The fourth-order valence-electron chi connectivity index (χ4n) is 6.74. The molecule has 0 bridgehead atoms. The Labute approximate surface area is 160 Å². The highest BCUT2D eigenvalue weighted by Gasteiger charge is 2.88. The maximum absolute atomic E-state index is 13.4. The van der Waals surface area contributed by atoms with Crippen LogP contribution in [0.3, 0.4) is 0 Å². The molecular weight excluding hydrogens is 348 g/mol. The molecule has 1 aliphatic heterocycles. The van der Waals surface area contributed by atoms with Crippen molar-refractivity contribution in [3.8, 4) is 0 Å². The number of Topliss-reactive ketones (excluding diaryl/α,β-unsaturated/α-hetero) is 1. The van der Waals surface area contributed by atoms with E-state index in [0.717, 1.165) is 0 Å². The number of hydrogen-bond acceptors (Lipinski definition) is 6. The Balaban J connectivity index is 1.99. The highest BCUT2D eigenvalue weighted by atomic mass is 16.5. The van der Waals surface area contributed by atoms with Gasteiger partial charge in [0.15, 0.2) is 5.78 Å². The van der Waals surface area contributed by atoms with Gasteiger partial charge in [-0.2, -0.15) is 0 Å². The van der Waals surface area contributed by atoms with Crippen LogP contribution in [0.2, 0.25) is 0 Å². The zero-order valence-corrected chi connectivity index (χ0v) is 17.0. The topological polar surface area (TPSA) is 107 Å². The Morgan fingerprint density at radius 3 is 2.33 bits per heavy atom. The van der Waals surface area contributed by atoms with Crippen molar-refractivity contribution in [3.05, 3.63) is 11.3 Å². The van der Waals surface area contributed by atoms with Crippen LogP contribution in [0.4, 0.5) is 0 Å². The highest BCUT2D eigenvalue weighted by Crippen LogP contribution is 2.73. The summed E-state index contributed by atoms with van der Waals surface area (Å²) in [6.45, 7) is 10.8. The van der Waals surface area contributed by atoms with E-state index in [1.54, 1.807) is 13.8 Å². The lowest BCUT2D eigenvalue weighted by molar-refractivity contribution is -0.220. The average molecular weight is 380 g/mol. The van der Waals surface area contributed by atoms with Crippen LogP contribution >= 0.6 is 0 Å². The maximum atomic E-state index is 13.4. The largest absolute Gasteiger partial charge is 0.491 e. The maximum Gasteiger partial charge on any atom is 0.171 e. The molecule has 0 aromatic rings. The zero-order valence-electron chi connectivity index (χ0n) is 17.0. The van der Waals surface area contributed by atoms with Gasteiger partial charge in [0.05, 0.1) is 17.1 Å². The molecule has 152 valence electrons. The smallest absolute Gasteiger partial charge is 0.171 e. The number of aliphatic hydroxyl groups is 4. The van der Waals surface area contributed by atoms with E-state index in [1.165, 1.54) is 0 Å². The first kappa shape index (κ1) is 19.4. The summed E-state index contributed by atoms with van der Waals surface area (Å²) in [6, 6.07) is 0.